The fraction of sp³-hybridized carbons (Fsp3) is 0.0968. The lowest BCUT2D eigenvalue weighted by atomic mass is 10.1. The van der Waals surface area contributed by atoms with Crippen LogP contribution in [0.4, 0.5) is 11.4 Å². The number of hydrogen-bond donors (Lipinski definition) is 0. The summed E-state index contributed by atoms with van der Waals surface area (Å²) in [6, 6.07) is 34.5. The van der Waals surface area contributed by atoms with Crippen LogP contribution in [0, 0.1) is 13.8 Å². The molecule has 158 valence electrons. The van der Waals surface area contributed by atoms with E-state index in [0.29, 0.717) is 0 Å². The molecule has 4 aromatic carbocycles. The Balaban J connectivity index is 1.40. The normalized spacial score (nSPS) is 11.3. The molecule has 0 amide bonds. The van der Waals surface area contributed by atoms with Crippen molar-refractivity contribution in [1.82, 2.24) is 0 Å². The molecule has 0 radical (unpaired) electrons. The lowest BCUT2D eigenvalue weighted by Gasteiger charge is -2.20. The van der Waals surface area contributed by atoms with Gasteiger partial charge in [0.25, 0.3) is 0 Å². The van der Waals surface area contributed by atoms with Crippen LogP contribution in [-0.4, -0.2) is 7.05 Å². The fourth-order valence-electron chi connectivity index (χ4n) is 3.51. The second kappa shape index (κ2) is 9.98. The summed E-state index contributed by atoms with van der Waals surface area (Å²) in [7, 11) is 2.11. The van der Waals surface area contributed by atoms with Crippen LogP contribution < -0.4 is 4.90 Å². The highest BCUT2D eigenvalue weighted by atomic mass is 15.1. The van der Waals surface area contributed by atoms with Crippen molar-refractivity contribution >= 4 is 35.7 Å². The highest BCUT2D eigenvalue weighted by Crippen LogP contribution is 2.25. The summed E-state index contributed by atoms with van der Waals surface area (Å²) in [6.07, 6.45) is 8.62. The number of rotatable bonds is 6. The smallest absolute Gasteiger partial charge is 0.0408 e. The minimum Gasteiger partial charge on any atom is -0.345 e. The van der Waals surface area contributed by atoms with E-state index in [2.05, 4.69) is 147 Å². The number of hydrogen-bond acceptors (Lipinski definition) is 1. The Hall–Kier alpha value is -3.84. The Morgan fingerprint density at radius 3 is 0.938 bits per heavy atom. The summed E-state index contributed by atoms with van der Waals surface area (Å²) < 4.78 is 0. The third-order valence-corrected chi connectivity index (χ3v) is 5.65. The Kier molecular flexibility index (Phi) is 6.67. The van der Waals surface area contributed by atoms with Gasteiger partial charge in [-0.2, -0.15) is 0 Å². The second-order valence-corrected chi connectivity index (χ2v) is 8.23. The van der Waals surface area contributed by atoms with Crippen LogP contribution in [0.2, 0.25) is 0 Å². The van der Waals surface area contributed by atoms with E-state index in [1.165, 1.54) is 44.8 Å². The van der Waals surface area contributed by atoms with E-state index in [4.69, 9.17) is 0 Å². The molecule has 0 aliphatic heterocycles. The lowest BCUT2D eigenvalue weighted by molar-refractivity contribution is 1.21. The van der Waals surface area contributed by atoms with Crippen LogP contribution >= 0.6 is 0 Å². The Morgan fingerprint density at radius 2 is 0.656 bits per heavy atom. The molecule has 0 saturated heterocycles. The fourth-order valence-corrected chi connectivity index (χ4v) is 3.51. The molecule has 0 N–H and O–H groups in total. The molecule has 32 heavy (non-hydrogen) atoms. The summed E-state index contributed by atoms with van der Waals surface area (Å²) in [5.41, 5.74) is 9.72. The van der Waals surface area contributed by atoms with Gasteiger partial charge in [-0.25, -0.2) is 0 Å². The van der Waals surface area contributed by atoms with E-state index in [1.54, 1.807) is 0 Å². The average Bonchev–Trinajstić information content (AvgIpc) is 2.83. The van der Waals surface area contributed by atoms with Gasteiger partial charge in [0.2, 0.25) is 0 Å². The SMILES string of the molecule is Cc1ccc(C=Cc2ccc(N(C)c3ccc(C=Cc4ccc(C)cc4)cc3)cc2)cc1. The van der Waals surface area contributed by atoms with Crippen LogP contribution in [0.5, 0.6) is 0 Å². The monoisotopic (exact) mass is 415 g/mol. The van der Waals surface area contributed by atoms with Gasteiger partial charge in [0.1, 0.15) is 0 Å². The summed E-state index contributed by atoms with van der Waals surface area (Å²) >= 11 is 0. The van der Waals surface area contributed by atoms with Crippen molar-refractivity contribution < 1.29 is 0 Å². The van der Waals surface area contributed by atoms with E-state index < -0.39 is 0 Å². The molecule has 0 heterocycles. The average molecular weight is 416 g/mol. The quantitative estimate of drug-likeness (QED) is 0.286. The van der Waals surface area contributed by atoms with Crippen molar-refractivity contribution in [2.45, 2.75) is 13.8 Å². The zero-order valence-electron chi connectivity index (χ0n) is 19.0. The molecule has 4 rings (SSSR count). The van der Waals surface area contributed by atoms with Gasteiger partial charge >= 0.3 is 0 Å². The van der Waals surface area contributed by atoms with E-state index in [1.807, 2.05) is 0 Å². The van der Waals surface area contributed by atoms with Crippen molar-refractivity contribution in [3.05, 3.63) is 130 Å². The van der Waals surface area contributed by atoms with E-state index >= 15 is 0 Å². The summed E-state index contributed by atoms with van der Waals surface area (Å²) in [6.45, 7) is 4.22. The minimum atomic E-state index is 1.17. The summed E-state index contributed by atoms with van der Waals surface area (Å²) in [5.74, 6) is 0. The van der Waals surface area contributed by atoms with Crippen LogP contribution in [-0.2, 0) is 0 Å². The highest BCUT2D eigenvalue weighted by molar-refractivity contribution is 5.73. The number of nitrogens with zero attached hydrogens (tertiary/aromatic N) is 1. The van der Waals surface area contributed by atoms with Gasteiger partial charge in [-0.05, 0) is 60.4 Å². The molecular weight excluding hydrogens is 386 g/mol. The first kappa shape index (κ1) is 21.4. The molecule has 0 unspecified atom stereocenters. The van der Waals surface area contributed by atoms with Gasteiger partial charge in [0, 0.05) is 18.4 Å². The summed E-state index contributed by atoms with van der Waals surface area (Å²) in [5, 5.41) is 0. The van der Waals surface area contributed by atoms with Crippen molar-refractivity contribution in [2.24, 2.45) is 0 Å². The molecule has 0 atom stereocenters. The van der Waals surface area contributed by atoms with E-state index in [-0.39, 0.29) is 0 Å². The van der Waals surface area contributed by atoms with Gasteiger partial charge in [-0.3, -0.25) is 0 Å². The number of aryl methyl sites for hydroxylation is 2. The first-order chi connectivity index (χ1) is 15.6. The first-order valence-corrected chi connectivity index (χ1v) is 11.0. The predicted octanol–water partition coefficient (Wildman–Crippen LogP) is 8.41. The zero-order valence-corrected chi connectivity index (χ0v) is 19.0. The molecule has 0 aliphatic rings. The third kappa shape index (κ3) is 5.65. The van der Waals surface area contributed by atoms with Crippen LogP contribution in [0.1, 0.15) is 33.4 Å². The van der Waals surface area contributed by atoms with Gasteiger partial charge in [0.05, 0.1) is 0 Å². The maximum atomic E-state index is 2.21. The van der Waals surface area contributed by atoms with Gasteiger partial charge in [0.15, 0.2) is 0 Å². The number of benzene rings is 4. The molecule has 0 aromatic heterocycles. The second-order valence-electron chi connectivity index (χ2n) is 8.23. The van der Waals surface area contributed by atoms with Crippen molar-refractivity contribution in [3.8, 4) is 0 Å². The predicted molar refractivity (Wildman–Crippen MR) is 141 cm³/mol. The van der Waals surface area contributed by atoms with E-state index in [0.717, 1.165) is 0 Å². The van der Waals surface area contributed by atoms with Gasteiger partial charge in [-0.15, -0.1) is 0 Å². The van der Waals surface area contributed by atoms with Crippen molar-refractivity contribution in [3.63, 3.8) is 0 Å². The molecule has 0 saturated carbocycles. The molecule has 1 nitrogen and oxygen atoms in total. The molecule has 4 aromatic rings. The standard InChI is InChI=1S/C31H29N/c1-24-4-8-26(9-5-24)12-14-28-16-20-30(21-17-28)32(3)31-22-18-29(19-23-31)15-13-27-10-6-25(2)7-11-27/h4-23H,1-3H3. The third-order valence-electron chi connectivity index (χ3n) is 5.65. The van der Waals surface area contributed by atoms with E-state index in [9.17, 15) is 0 Å². The Bertz CT molecular complexity index is 1090. The van der Waals surface area contributed by atoms with Crippen LogP contribution in [0.3, 0.4) is 0 Å². The maximum absolute atomic E-state index is 2.21. The zero-order chi connectivity index (χ0) is 22.3. The molecule has 0 spiro atoms. The Labute approximate surface area is 192 Å². The van der Waals surface area contributed by atoms with Crippen molar-refractivity contribution in [1.29, 1.82) is 0 Å². The minimum absolute atomic E-state index is 1.17. The first-order valence-electron chi connectivity index (χ1n) is 11.0. The van der Waals surface area contributed by atoms with Crippen LogP contribution in [0.25, 0.3) is 24.3 Å². The lowest BCUT2D eigenvalue weighted by Crippen LogP contribution is -2.08. The molecule has 0 fully saturated rings. The molecule has 0 bridgehead atoms. The maximum Gasteiger partial charge on any atom is 0.0408 e. The van der Waals surface area contributed by atoms with Gasteiger partial charge in [-0.1, -0.05) is 108 Å². The largest absolute Gasteiger partial charge is 0.345 e. The highest BCUT2D eigenvalue weighted by Gasteiger charge is 2.03. The van der Waals surface area contributed by atoms with Gasteiger partial charge < -0.3 is 4.90 Å². The van der Waals surface area contributed by atoms with Crippen molar-refractivity contribution in [2.75, 3.05) is 11.9 Å². The molecular formula is C31H29N. The number of anilines is 2. The van der Waals surface area contributed by atoms with Crippen LogP contribution in [0.15, 0.2) is 97.1 Å². The Morgan fingerprint density at radius 1 is 0.406 bits per heavy atom. The topological polar surface area (TPSA) is 3.24 Å². The summed E-state index contributed by atoms with van der Waals surface area (Å²) in [4.78, 5) is 2.21. The molecule has 1 heteroatoms. The molecule has 0 aliphatic carbocycles.